The van der Waals surface area contributed by atoms with E-state index in [1.807, 2.05) is 0 Å². The minimum absolute atomic E-state index is 0.156. The number of halogens is 2. The summed E-state index contributed by atoms with van der Waals surface area (Å²) in [4.78, 5) is 0. The minimum atomic E-state index is -0.854. The normalized spacial score (nSPS) is 15.4. The maximum absolute atomic E-state index is 13.0. The topological polar surface area (TPSA) is 32.6 Å². The standard InChI is InChI=1S/C9H13F2NO/c1-4-7(10)5-8(11)9(12-13)6(2)3/h4-6,13H,1-3H3/b7-4+,8-5+,12-9+. The van der Waals surface area contributed by atoms with Crippen molar-refractivity contribution in [2.45, 2.75) is 20.8 Å². The van der Waals surface area contributed by atoms with Gasteiger partial charge in [0, 0.05) is 12.0 Å². The van der Waals surface area contributed by atoms with Gasteiger partial charge in [-0.2, -0.15) is 0 Å². The lowest BCUT2D eigenvalue weighted by Gasteiger charge is -2.03. The third kappa shape index (κ3) is 3.83. The average Bonchev–Trinajstić information content (AvgIpc) is 2.04. The molecule has 0 unspecified atom stereocenters. The van der Waals surface area contributed by atoms with Crippen LogP contribution >= 0.6 is 0 Å². The fourth-order valence-corrected chi connectivity index (χ4v) is 0.717. The van der Waals surface area contributed by atoms with Crippen LogP contribution in [0.1, 0.15) is 20.8 Å². The highest BCUT2D eigenvalue weighted by Crippen LogP contribution is 2.12. The van der Waals surface area contributed by atoms with Gasteiger partial charge in [-0.15, -0.1) is 0 Å². The van der Waals surface area contributed by atoms with E-state index in [0.717, 1.165) is 6.08 Å². The highest BCUT2D eigenvalue weighted by atomic mass is 19.1. The van der Waals surface area contributed by atoms with Crippen molar-refractivity contribution in [3.8, 4) is 0 Å². The Morgan fingerprint density at radius 2 is 1.92 bits per heavy atom. The van der Waals surface area contributed by atoms with Gasteiger partial charge in [0.1, 0.15) is 11.5 Å². The zero-order chi connectivity index (χ0) is 10.4. The monoisotopic (exact) mass is 189 g/mol. The summed E-state index contributed by atoms with van der Waals surface area (Å²) in [7, 11) is 0. The highest BCUT2D eigenvalue weighted by Gasteiger charge is 2.12. The molecule has 0 atom stereocenters. The van der Waals surface area contributed by atoms with Crippen LogP contribution in [0, 0.1) is 5.92 Å². The number of rotatable bonds is 3. The minimum Gasteiger partial charge on any atom is -0.411 e. The van der Waals surface area contributed by atoms with Crippen molar-refractivity contribution in [3.63, 3.8) is 0 Å². The molecule has 1 N–H and O–H groups in total. The molecule has 0 aromatic rings. The fraction of sp³-hybridized carbons (Fsp3) is 0.444. The summed E-state index contributed by atoms with van der Waals surface area (Å²) in [6.07, 6.45) is 1.81. The lowest BCUT2D eigenvalue weighted by Crippen LogP contribution is -2.08. The zero-order valence-corrected chi connectivity index (χ0v) is 7.88. The van der Waals surface area contributed by atoms with Gasteiger partial charge in [0.15, 0.2) is 5.83 Å². The first kappa shape index (κ1) is 11.8. The van der Waals surface area contributed by atoms with Crippen molar-refractivity contribution in [3.05, 3.63) is 23.8 Å². The Morgan fingerprint density at radius 1 is 1.38 bits per heavy atom. The molecular weight excluding hydrogens is 176 g/mol. The Kier molecular flexibility index (Phi) is 4.96. The summed E-state index contributed by atoms with van der Waals surface area (Å²) in [6, 6.07) is 0. The second-order valence-electron chi connectivity index (χ2n) is 2.81. The molecule has 0 bridgehead atoms. The second-order valence-corrected chi connectivity index (χ2v) is 2.81. The lowest BCUT2D eigenvalue weighted by molar-refractivity contribution is 0.314. The molecule has 74 valence electrons. The van der Waals surface area contributed by atoms with Crippen molar-refractivity contribution in [1.82, 2.24) is 0 Å². The number of hydrogen-bond donors (Lipinski definition) is 1. The fourth-order valence-electron chi connectivity index (χ4n) is 0.717. The summed E-state index contributed by atoms with van der Waals surface area (Å²) in [6.45, 7) is 4.75. The van der Waals surface area contributed by atoms with E-state index < -0.39 is 11.7 Å². The van der Waals surface area contributed by atoms with E-state index in [2.05, 4.69) is 5.16 Å². The Balaban J connectivity index is 4.76. The Hall–Kier alpha value is -1.19. The first-order chi connectivity index (χ1) is 6.02. The van der Waals surface area contributed by atoms with E-state index in [1.165, 1.54) is 6.92 Å². The molecule has 0 heterocycles. The van der Waals surface area contributed by atoms with Crippen LogP contribution in [0.4, 0.5) is 8.78 Å². The van der Waals surface area contributed by atoms with E-state index in [-0.39, 0.29) is 11.6 Å². The van der Waals surface area contributed by atoms with Crippen LogP contribution in [0.5, 0.6) is 0 Å². The van der Waals surface area contributed by atoms with E-state index in [9.17, 15) is 8.78 Å². The van der Waals surface area contributed by atoms with Gasteiger partial charge in [0.2, 0.25) is 0 Å². The quantitative estimate of drug-likeness (QED) is 0.314. The van der Waals surface area contributed by atoms with E-state index in [1.54, 1.807) is 13.8 Å². The SMILES string of the molecule is C\C=C(F)/C=C(F)\C(=N\O)C(C)C. The van der Waals surface area contributed by atoms with Crippen molar-refractivity contribution >= 4 is 5.71 Å². The molecule has 0 aromatic carbocycles. The molecule has 0 saturated carbocycles. The van der Waals surface area contributed by atoms with Gasteiger partial charge >= 0.3 is 0 Å². The molecule has 2 nitrogen and oxygen atoms in total. The zero-order valence-electron chi connectivity index (χ0n) is 7.88. The lowest BCUT2D eigenvalue weighted by atomic mass is 10.1. The van der Waals surface area contributed by atoms with E-state index >= 15 is 0 Å². The molecule has 0 aliphatic rings. The summed E-state index contributed by atoms with van der Waals surface area (Å²) in [5, 5.41) is 11.2. The molecule has 0 fully saturated rings. The smallest absolute Gasteiger partial charge is 0.151 e. The van der Waals surface area contributed by atoms with Crippen LogP contribution in [-0.2, 0) is 0 Å². The molecule has 0 saturated heterocycles. The van der Waals surface area contributed by atoms with Gasteiger partial charge in [0.05, 0.1) is 0 Å². The molecule has 0 rings (SSSR count). The average molecular weight is 189 g/mol. The summed E-state index contributed by atoms with van der Waals surface area (Å²) < 4.78 is 25.6. The molecule has 0 aromatic heterocycles. The summed E-state index contributed by atoms with van der Waals surface area (Å²) in [5.74, 6) is -1.83. The number of nitrogens with zero attached hydrogens (tertiary/aromatic N) is 1. The molecule has 0 aliphatic carbocycles. The van der Waals surface area contributed by atoms with Crippen molar-refractivity contribution in [2.24, 2.45) is 11.1 Å². The molecule has 0 spiro atoms. The first-order valence-electron chi connectivity index (χ1n) is 3.94. The number of allylic oxidation sites excluding steroid dienone is 4. The van der Waals surface area contributed by atoms with E-state index in [0.29, 0.717) is 6.08 Å². The van der Waals surface area contributed by atoms with Crippen LogP contribution in [0.2, 0.25) is 0 Å². The van der Waals surface area contributed by atoms with Gasteiger partial charge < -0.3 is 5.21 Å². The second kappa shape index (κ2) is 5.45. The van der Waals surface area contributed by atoms with Crippen LogP contribution in [-0.4, -0.2) is 10.9 Å². The van der Waals surface area contributed by atoms with Crippen LogP contribution < -0.4 is 0 Å². The predicted molar refractivity (Wildman–Crippen MR) is 48.1 cm³/mol. The van der Waals surface area contributed by atoms with Gasteiger partial charge in [-0.3, -0.25) is 0 Å². The van der Waals surface area contributed by atoms with Crippen LogP contribution in [0.15, 0.2) is 29.0 Å². The highest BCUT2D eigenvalue weighted by molar-refractivity contribution is 5.99. The maximum atomic E-state index is 13.0. The summed E-state index contributed by atoms with van der Waals surface area (Å²) in [5.41, 5.74) is -0.156. The third-order valence-corrected chi connectivity index (χ3v) is 1.44. The Morgan fingerprint density at radius 3 is 2.23 bits per heavy atom. The number of hydrogen-bond acceptors (Lipinski definition) is 2. The molecular formula is C9H13F2NO. The molecule has 0 amide bonds. The van der Waals surface area contributed by atoms with Gasteiger partial charge in [-0.1, -0.05) is 25.1 Å². The molecule has 4 heteroatoms. The first-order valence-corrected chi connectivity index (χ1v) is 3.94. The summed E-state index contributed by atoms with van der Waals surface area (Å²) >= 11 is 0. The van der Waals surface area contributed by atoms with Crippen molar-refractivity contribution < 1.29 is 14.0 Å². The molecule has 0 aliphatic heterocycles. The van der Waals surface area contributed by atoms with Gasteiger partial charge in [-0.05, 0) is 6.92 Å². The van der Waals surface area contributed by atoms with Crippen molar-refractivity contribution in [2.75, 3.05) is 0 Å². The Bertz CT molecular complexity index is 254. The Labute approximate surface area is 76.3 Å². The van der Waals surface area contributed by atoms with Crippen LogP contribution in [0.25, 0.3) is 0 Å². The van der Waals surface area contributed by atoms with Gasteiger partial charge in [-0.25, -0.2) is 8.78 Å². The predicted octanol–water partition coefficient (Wildman–Crippen LogP) is 3.20. The molecule has 0 radical (unpaired) electrons. The third-order valence-electron chi connectivity index (χ3n) is 1.44. The van der Waals surface area contributed by atoms with Crippen molar-refractivity contribution in [1.29, 1.82) is 0 Å². The van der Waals surface area contributed by atoms with Gasteiger partial charge in [0.25, 0.3) is 0 Å². The van der Waals surface area contributed by atoms with E-state index in [4.69, 9.17) is 5.21 Å². The van der Waals surface area contributed by atoms with Crippen LogP contribution in [0.3, 0.4) is 0 Å². The maximum Gasteiger partial charge on any atom is 0.151 e. The number of oxime groups is 1. The molecule has 13 heavy (non-hydrogen) atoms. The largest absolute Gasteiger partial charge is 0.411 e.